The molecule has 0 radical (unpaired) electrons. The second kappa shape index (κ2) is 6.14. The van der Waals surface area contributed by atoms with Crippen LogP contribution in [0.2, 0.25) is 0 Å². The predicted octanol–water partition coefficient (Wildman–Crippen LogP) is 2.18. The fraction of sp³-hybridized carbons (Fsp3) is 0.714. The van der Waals surface area contributed by atoms with E-state index in [1.165, 1.54) is 19.3 Å². The Kier molecular flexibility index (Phi) is 4.53. The molecule has 1 saturated heterocycles. The highest BCUT2D eigenvalue weighted by Gasteiger charge is 2.23. The van der Waals surface area contributed by atoms with E-state index in [1.54, 1.807) is 6.33 Å². The van der Waals surface area contributed by atoms with E-state index < -0.39 is 0 Å². The zero-order chi connectivity index (χ0) is 13.0. The summed E-state index contributed by atoms with van der Waals surface area (Å²) in [5.74, 6) is 1.55. The summed E-state index contributed by atoms with van der Waals surface area (Å²) in [6.07, 6.45) is 5.55. The number of hydrogen-bond acceptors (Lipinski definition) is 4. The molecule has 0 spiro atoms. The first-order chi connectivity index (χ1) is 8.72. The Bertz CT molecular complexity index is 376. The standard InChI is InChI=1S/C14H24N4/c1-11(2)13-8-14(17-10-16-13)18-7-5-4-6-12(18)9-15-3/h8,10-12,15H,4-7,9H2,1-3H3. The van der Waals surface area contributed by atoms with Crippen molar-refractivity contribution >= 4 is 5.82 Å². The van der Waals surface area contributed by atoms with E-state index in [2.05, 4.69) is 40.1 Å². The van der Waals surface area contributed by atoms with E-state index in [9.17, 15) is 0 Å². The van der Waals surface area contributed by atoms with Crippen LogP contribution in [0.5, 0.6) is 0 Å². The Balaban J connectivity index is 2.19. The first-order valence-corrected chi connectivity index (χ1v) is 6.95. The molecule has 1 aromatic rings. The SMILES string of the molecule is CNCC1CCCCN1c1cc(C(C)C)ncn1. The second-order valence-corrected chi connectivity index (χ2v) is 5.36. The van der Waals surface area contributed by atoms with E-state index in [0.29, 0.717) is 12.0 Å². The molecule has 1 aliphatic rings. The molecular formula is C14H24N4. The van der Waals surface area contributed by atoms with Crippen molar-refractivity contribution in [3.05, 3.63) is 18.1 Å². The fourth-order valence-corrected chi connectivity index (χ4v) is 2.58. The van der Waals surface area contributed by atoms with Gasteiger partial charge in [0.1, 0.15) is 12.1 Å². The summed E-state index contributed by atoms with van der Waals surface area (Å²) in [6, 6.07) is 2.72. The van der Waals surface area contributed by atoms with Gasteiger partial charge in [0.25, 0.3) is 0 Å². The summed E-state index contributed by atoms with van der Waals surface area (Å²) >= 11 is 0. The lowest BCUT2D eigenvalue weighted by atomic mass is 10.0. The molecule has 0 saturated carbocycles. The molecule has 4 heteroatoms. The maximum Gasteiger partial charge on any atom is 0.132 e. The molecule has 1 unspecified atom stereocenters. The molecule has 100 valence electrons. The van der Waals surface area contributed by atoms with Crippen LogP contribution < -0.4 is 10.2 Å². The summed E-state index contributed by atoms with van der Waals surface area (Å²) in [5, 5.41) is 3.29. The highest BCUT2D eigenvalue weighted by Crippen LogP contribution is 2.24. The average Bonchev–Trinajstić information content (AvgIpc) is 2.40. The number of anilines is 1. The van der Waals surface area contributed by atoms with Crippen LogP contribution in [0.4, 0.5) is 5.82 Å². The van der Waals surface area contributed by atoms with Crippen molar-refractivity contribution in [2.75, 3.05) is 25.0 Å². The summed E-state index contributed by atoms with van der Waals surface area (Å²) < 4.78 is 0. The van der Waals surface area contributed by atoms with Crippen LogP contribution in [0.25, 0.3) is 0 Å². The summed E-state index contributed by atoms with van der Waals surface area (Å²) in [7, 11) is 2.02. The minimum absolute atomic E-state index is 0.458. The molecule has 0 bridgehead atoms. The van der Waals surface area contributed by atoms with Gasteiger partial charge in [-0.05, 0) is 32.2 Å². The first-order valence-electron chi connectivity index (χ1n) is 6.95. The number of likely N-dealkylation sites (N-methyl/N-ethyl adjacent to an activating group) is 1. The van der Waals surface area contributed by atoms with Gasteiger partial charge in [-0.3, -0.25) is 0 Å². The molecule has 2 rings (SSSR count). The van der Waals surface area contributed by atoms with Gasteiger partial charge < -0.3 is 10.2 Å². The molecule has 0 amide bonds. The number of nitrogens with zero attached hydrogens (tertiary/aromatic N) is 3. The lowest BCUT2D eigenvalue weighted by Crippen LogP contribution is -2.45. The van der Waals surface area contributed by atoms with Crippen LogP contribution in [0.15, 0.2) is 12.4 Å². The topological polar surface area (TPSA) is 41.0 Å². The van der Waals surface area contributed by atoms with Crippen molar-refractivity contribution in [2.24, 2.45) is 0 Å². The van der Waals surface area contributed by atoms with Gasteiger partial charge in [0.15, 0.2) is 0 Å². The first kappa shape index (κ1) is 13.3. The molecule has 4 nitrogen and oxygen atoms in total. The molecule has 18 heavy (non-hydrogen) atoms. The van der Waals surface area contributed by atoms with E-state index in [4.69, 9.17) is 0 Å². The Labute approximate surface area is 110 Å². The average molecular weight is 248 g/mol. The van der Waals surface area contributed by atoms with Crippen molar-refractivity contribution in [3.8, 4) is 0 Å². The van der Waals surface area contributed by atoms with E-state index in [1.807, 2.05) is 7.05 Å². The van der Waals surface area contributed by atoms with E-state index in [0.717, 1.165) is 24.6 Å². The van der Waals surface area contributed by atoms with Crippen LogP contribution in [0, 0.1) is 0 Å². The molecule has 0 aliphatic carbocycles. The van der Waals surface area contributed by atoms with E-state index >= 15 is 0 Å². The molecular weight excluding hydrogens is 224 g/mol. The maximum atomic E-state index is 4.46. The largest absolute Gasteiger partial charge is 0.352 e. The van der Waals surface area contributed by atoms with Crippen LogP contribution in [-0.2, 0) is 0 Å². The summed E-state index contributed by atoms with van der Waals surface area (Å²) in [4.78, 5) is 11.3. The number of hydrogen-bond donors (Lipinski definition) is 1. The quantitative estimate of drug-likeness (QED) is 0.886. The molecule has 1 aromatic heterocycles. The van der Waals surface area contributed by atoms with Crippen LogP contribution in [-0.4, -0.2) is 36.1 Å². The lowest BCUT2D eigenvalue weighted by Gasteiger charge is -2.36. The van der Waals surface area contributed by atoms with E-state index in [-0.39, 0.29) is 0 Å². The lowest BCUT2D eigenvalue weighted by molar-refractivity contribution is 0.443. The minimum Gasteiger partial charge on any atom is -0.352 e. The number of rotatable bonds is 4. The van der Waals surface area contributed by atoms with Gasteiger partial charge in [0, 0.05) is 30.9 Å². The monoisotopic (exact) mass is 248 g/mol. The Hall–Kier alpha value is -1.16. The van der Waals surface area contributed by atoms with Crippen molar-refractivity contribution in [1.29, 1.82) is 0 Å². The molecule has 2 heterocycles. The van der Waals surface area contributed by atoms with Gasteiger partial charge in [-0.2, -0.15) is 0 Å². The number of nitrogens with one attached hydrogen (secondary N) is 1. The Morgan fingerprint density at radius 1 is 1.39 bits per heavy atom. The molecule has 1 aliphatic heterocycles. The molecule has 1 atom stereocenters. The molecule has 1 fully saturated rings. The second-order valence-electron chi connectivity index (χ2n) is 5.36. The third kappa shape index (κ3) is 2.99. The maximum absolute atomic E-state index is 4.46. The summed E-state index contributed by atoms with van der Waals surface area (Å²) in [5.41, 5.74) is 1.13. The zero-order valence-electron chi connectivity index (χ0n) is 11.7. The van der Waals surface area contributed by atoms with Gasteiger partial charge >= 0.3 is 0 Å². The van der Waals surface area contributed by atoms with Gasteiger partial charge in [0.2, 0.25) is 0 Å². The highest BCUT2D eigenvalue weighted by molar-refractivity contribution is 5.41. The van der Waals surface area contributed by atoms with Gasteiger partial charge in [-0.15, -0.1) is 0 Å². The Morgan fingerprint density at radius 2 is 2.22 bits per heavy atom. The molecule has 0 aromatic carbocycles. The molecule has 1 N–H and O–H groups in total. The van der Waals surface area contributed by atoms with Crippen molar-refractivity contribution in [1.82, 2.24) is 15.3 Å². The number of aromatic nitrogens is 2. The van der Waals surface area contributed by atoms with Crippen molar-refractivity contribution < 1.29 is 0 Å². The van der Waals surface area contributed by atoms with Crippen LogP contribution in [0.1, 0.15) is 44.7 Å². The van der Waals surface area contributed by atoms with Crippen molar-refractivity contribution in [2.45, 2.75) is 45.1 Å². The number of piperidine rings is 1. The zero-order valence-corrected chi connectivity index (χ0v) is 11.7. The highest BCUT2D eigenvalue weighted by atomic mass is 15.2. The van der Waals surface area contributed by atoms with Crippen LogP contribution >= 0.6 is 0 Å². The summed E-state index contributed by atoms with van der Waals surface area (Å²) in [6.45, 7) is 6.49. The third-order valence-electron chi connectivity index (χ3n) is 3.63. The van der Waals surface area contributed by atoms with Gasteiger partial charge in [0.05, 0.1) is 0 Å². The third-order valence-corrected chi connectivity index (χ3v) is 3.63. The normalized spacial score (nSPS) is 20.4. The minimum atomic E-state index is 0.458. The smallest absolute Gasteiger partial charge is 0.132 e. The van der Waals surface area contributed by atoms with Gasteiger partial charge in [-0.1, -0.05) is 13.8 Å². The predicted molar refractivity (Wildman–Crippen MR) is 75.0 cm³/mol. The van der Waals surface area contributed by atoms with Crippen LogP contribution in [0.3, 0.4) is 0 Å². The fourth-order valence-electron chi connectivity index (χ4n) is 2.58. The Morgan fingerprint density at radius 3 is 2.94 bits per heavy atom. The van der Waals surface area contributed by atoms with Crippen molar-refractivity contribution in [3.63, 3.8) is 0 Å². The van der Waals surface area contributed by atoms with Gasteiger partial charge in [-0.25, -0.2) is 9.97 Å².